The van der Waals surface area contributed by atoms with E-state index >= 15 is 0 Å². The lowest BCUT2D eigenvalue weighted by molar-refractivity contribution is 0.447. The Hall–Kier alpha value is -0.870. The molecule has 1 fully saturated rings. The van der Waals surface area contributed by atoms with Gasteiger partial charge in [-0.1, -0.05) is 0 Å². The van der Waals surface area contributed by atoms with Crippen molar-refractivity contribution in [1.82, 2.24) is 15.3 Å². The van der Waals surface area contributed by atoms with Gasteiger partial charge in [-0.2, -0.15) is 0 Å². The maximum absolute atomic E-state index is 5.88. The molecule has 4 nitrogen and oxygen atoms in total. The molecular formula is C11H17ClN4. The summed E-state index contributed by atoms with van der Waals surface area (Å²) in [6.07, 6.45) is 2.41. The summed E-state index contributed by atoms with van der Waals surface area (Å²) in [5.41, 5.74) is 0.918. The molecule has 1 N–H and O–H groups in total. The monoisotopic (exact) mass is 240 g/mol. The van der Waals surface area contributed by atoms with Gasteiger partial charge in [0.2, 0.25) is 5.28 Å². The number of aromatic nitrogens is 2. The standard InChI is InChI=1S/C11H17ClN4/c1-8-6-10(15-11(12)14-8)16-5-3-4-9(7-16)13-2/h6,9,13H,3-5,7H2,1-2H3/t9-/m1/s1. The molecule has 5 heteroatoms. The van der Waals surface area contributed by atoms with Crippen molar-refractivity contribution in [2.45, 2.75) is 25.8 Å². The van der Waals surface area contributed by atoms with Gasteiger partial charge < -0.3 is 10.2 Å². The molecule has 0 bridgehead atoms. The molecule has 1 aliphatic rings. The average molecular weight is 241 g/mol. The predicted octanol–water partition coefficient (Wildman–Crippen LogP) is 1.63. The third-order valence-electron chi connectivity index (χ3n) is 2.97. The molecule has 1 aliphatic heterocycles. The van der Waals surface area contributed by atoms with Crippen molar-refractivity contribution in [1.29, 1.82) is 0 Å². The molecule has 2 heterocycles. The fourth-order valence-corrected chi connectivity index (χ4v) is 2.32. The molecule has 1 atom stereocenters. The molecular weight excluding hydrogens is 224 g/mol. The van der Waals surface area contributed by atoms with Crippen LogP contribution in [0.2, 0.25) is 5.28 Å². The topological polar surface area (TPSA) is 41.0 Å². The van der Waals surface area contributed by atoms with Crippen LogP contribution in [0.4, 0.5) is 5.82 Å². The highest BCUT2D eigenvalue weighted by Crippen LogP contribution is 2.19. The van der Waals surface area contributed by atoms with Crippen LogP contribution in [-0.4, -0.2) is 36.1 Å². The summed E-state index contributed by atoms with van der Waals surface area (Å²) in [7, 11) is 2.01. The first-order valence-corrected chi connectivity index (χ1v) is 6.00. The third-order valence-corrected chi connectivity index (χ3v) is 3.14. The number of anilines is 1. The first kappa shape index (κ1) is 11.6. The SMILES string of the molecule is CN[C@@H]1CCCN(c2cc(C)nc(Cl)n2)C1. The molecule has 2 rings (SSSR count). The van der Waals surface area contributed by atoms with Gasteiger partial charge in [0, 0.05) is 30.9 Å². The maximum atomic E-state index is 5.88. The summed E-state index contributed by atoms with van der Waals surface area (Å²) in [5.74, 6) is 0.942. The number of rotatable bonds is 2. The smallest absolute Gasteiger partial charge is 0.224 e. The van der Waals surface area contributed by atoms with E-state index in [1.54, 1.807) is 0 Å². The largest absolute Gasteiger partial charge is 0.355 e. The van der Waals surface area contributed by atoms with Gasteiger partial charge in [-0.15, -0.1) is 0 Å². The first-order chi connectivity index (χ1) is 7.69. The molecule has 0 saturated carbocycles. The van der Waals surface area contributed by atoms with Crippen molar-refractivity contribution in [3.05, 3.63) is 17.0 Å². The van der Waals surface area contributed by atoms with Gasteiger partial charge in [0.1, 0.15) is 5.82 Å². The van der Waals surface area contributed by atoms with Crippen LogP contribution in [0, 0.1) is 6.92 Å². The van der Waals surface area contributed by atoms with Crippen LogP contribution in [-0.2, 0) is 0 Å². The number of aryl methyl sites for hydroxylation is 1. The Bertz CT molecular complexity index is 349. The zero-order valence-electron chi connectivity index (χ0n) is 9.70. The van der Waals surface area contributed by atoms with Crippen molar-refractivity contribution in [2.75, 3.05) is 25.0 Å². The zero-order valence-corrected chi connectivity index (χ0v) is 10.5. The van der Waals surface area contributed by atoms with E-state index in [4.69, 9.17) is 11.6 Å². The fourth-order valence-electron chi connectivity index (χ4n) is 2.10. The molecule has 0 aromatic carbocycles. The van der Waals surface area contributed by atoms with E-state index < -0.39 is 0 Å². The third kappa shape index (κ3) is 2.62. The van der Waals surface area contributed by atoms with E-state index in [9.17, 15) is 0 Å². The predicted molar refractivity (Wildman–Crippen MR) is 66.1 cm³/mol. The number of nitrogens with one attached hydrogen (secondary N) is 1. The molecule has 1 saturated heterocycles. The second-order valence-electron chi connectivity index (χ2n) is 4.21. The summed E-state index contributed by atoms with van der Waals surface area (Å²) >= 11 is 5.88. The molecule has 0 unspecified atom stereocenters. The minimum Gasteiger partial charge on any atom is -0.355 e. The van der Waals surface area contributed by atoms with Crippen LogP contribution >= 0.6 is 11.6 Å². The molecule has 0 spiro atoms. The lowest BCUT2D eigenvalue weighted by Gasteiger charge is -2.33. The maximum Gasteiger partial charge on any atom is 0.224 e. The fraction of sp³-hybridized carbons (Fsp3) is 0.636. The summed E-state index contributed by atoms with van der Waals surface area (Å²) < 4.78 is 0. The lowest BCUT2D eigenvalue weighted by Crippen LogP contribution is -2.44. The second kappa shape index (κ2) is 4.97. The van der Waals surface area contributed by atoms with Gasteiger partial charge in [0.05, 0.1) is 0 Å². The van der Waals surface area contributed by atoms with Crippen molar-refractivity contribution in [2.24, 2.45) is 0 Å². The molecule has 0 radical (unpaired) electrons. The Morgan fingerprint density at radius 1 is 1.50 bits per heavy atom. The van der Waals surface area contributed by atoms with Gasteiger partial charge in [0.25, 0.3) is 0 Å². The number of piperidine rings is 1. The molecule has 1 aromatic rings. The van der Waals surface area contributed by atoms with E-state index in [1.165, 1.54) is 12.8 Å². The normalized spacial score (nSPS) is 21.2. The molecule has 0 aliphatic carbocycles. The molecule has 0 amide bonds. The second-order valence-corrected chi connectivity index (χ2v) is 4.55. The van der Waals surface area contributed by atoms with E-state index in [-0.39, 0.29) is 0 Å². The lowest BCUT2D eigenvalue weighted by atomic mass is 10.1. The minimum atomic E-state index is 0.335. The highest BCUT2D eigenvalue weighted by molar-refractivity contribution is 6.28. The number of hydrogen-bond donors (Lipinski definition) is 1. The van der Waals surface area contributed by atoms with Crippen LogP contribution in [0.5, 0.6) is 0 Å². The quantitative estimate of drug-likeness (QED) is 0.798. The van der Waals surface area contributed by atoms with Crippen molar-refractivity contribution in [3.8, 4) is 0 Å². The van der Waals surface area contributed by atoms with Crippen LogP contribution in [0.3, 0.4) is 0 Å². The number of nitrogens with zero attached hydrogens (tertiary/aromatic N) is 3. The van der Waals surface area contributed by atoms with Gasteiger partial charge in [-0.3, -0.25) is 0 Å². The summed E-state index contributed by atoms with van der Waals surface area (Å²) in [6, 6.07) is 2.53. The van der Waals surface area contributed by atoms with E-state index in [0.717, 1.165) is 24.6 Å². The Kier molecular flexibility index (Phi) is 3.61. The van der Waals surface area contributed by atoms with Gasteiger partial charge in [-0.05, 0) is 38.4 Å². The number of likely N-dealkylation sites (N-methyl/N-ethyl adjacent to an activating group) is 1. The van der Waals surface area contributed by atoms with E-state index in [0.29, 0.717) is 11.3 Å². The van der Waals surface area contributed by atoms with Crippen LogP contribution in [0.25, 0.3) is 0 Å². The van der Waals surface area contributed by atoms with Crippen molar-refractivity contribution in [3.63, 3.8) is 0 Å². The Labute approximate surface area is 101 Å². The summed E-state index contributed by atoms with van der Waals surface area (Å²) in [5, 5.41) is 3.65. The zero-order chi connectivity index (χ0) is 11.5. The van der Waals surface area contributed by atoms with Crippen LogP contribution in [0.1, 0.15) is 18.5 Å². The number of halogens is 1. The minimum absolute atomic E-state index is 0.335. The number of hydrogen-bond acceptors (Lipinski definition) is 4. The highest BCUT2D eigenvalue weighted by Gasteiger charge is 2.19. The highest BCUT2D eigenvalue weighted by atomic mass is 35.5. The van der Waals surface area contributed by atoms with Crippen LogP contribution in [0.15, 0.2) is 6.07 Å². The average Bonchev–Trinajstić information content (AvgIpc) is 2.28. The van der Waals surface area contributed by atoms with Gasteiger partial charge in [-0.25, -0.2) is 9.97 Å². The van der Waals surface area contributed by atoms with E-state index in [1.807, 2.05) is 20.0 Å². The Balaban J connectivity index is 2.16. The summed E-state index contributed by atoms with van der Waals surface area (Å²) in [6.45, 7) is 3.98. The molecule has 16 heavy (non-hydrogen) atoms. The van der Waals surface area contributed by atoms with E-state index in [2.05, 4.69) is 20.2 Å². The van der Waals surface area contributed by atoms with Crippen molar-refractivity contribution >= 4 is 17.4 Å². The Morgan fingerprint density at radius 2 is 2.31 bits per heavy atom. The molecule has 88 valence electrons. The first-order valence-electron chi connectivity index (χ1n) is 5.62. The van der Waals surface area contributed by atoms with Gasteiger partial charge in [0.15, 0.2) is 0 Å². The van der Waals surface area contributed by atoms with Crippen molar-refractivity contribution < 1.29 is 0 Å². The van der Waals surface area contributed by atoms with Crippen LogP contribution < -0.4 is 10.2 Å². The summed E-state index contributed by atoms with van der Waals surface area (Å²) in [4.78, 5) is 10.6. The molecule has 1 aromatic heterocycles. The Morgan fingerprint density at radius 3 is 3.00 bits per heavy atom. The van der Waals surface area contributed by atoms with Gasteiger partial charge >= 0.3 is 0 Å².